The smallest absolute Gasteiger partial charge is 0.269 e. The Hall–Kier alpha value is -2.77. The van der Waals surface area contributed by atoms with Crippen molar-refractivity contribution in [1.29, 1.82) is 0 Å². The Labute approximate surface area is 136 Å². The summed E-state index contributed by atoms with van der Waals surface area (Å²) >= 11 is 5.86. The van der Waals surface area contributed by atoms with Gasteiger partial charge in [0.2, 0.25) is 0 Å². The van der Waals surface area contributed by atoms with Crippen molar-refractivity contribution in [2.45, 2.75) is 6.04 Å². The molecule has 1 heterocycles. The molecule has 8 heteroatoms. The van der Waals surface area contributed by atoms with Crippen molar-refractivity contribution >= 4 is 17.3 Å². The summed E-state index contributed by atoms with van der Waals surface area (Å²) in [4.78, 5) is 14.6. The first kappa shape index (κ1) is 15.1. The van der Waals surface area contributed by atoms with Crippen molar-refractivity contribution in [3.05, 3.63) is 75.1 Å². The van der Waals surface area contributed by atoms with E-state index >= 15 is 0 Å². The molecule has 0 fully saturated rings. The van der Waals surface area contributed by atoms with Gasteiger partial charge in [-0.3, -0.25) is 15.2 Å². The van der Waals surface area contributed by atoms with Gasteiger partial charge in [-0.1, -0.05) is 23.7 Å². The third kappa shape index (κ3) is 3.20. The second-order valence-corrected chi connectivity index (χ2v) is 5.31. The van der Waals surface area contributed by atoms with Gasteiger partial charge in [0.1, 0.15) is 5.82 Å². The predicted octanol–water partition coefficient (Wildman–Crippen LogP) is 3.08. The van der Waals surface area contributed by atoms with E-state index in [4.69, 9.17) is 17.3 Å². The number of nitrogens with two attached hydrogens (primary N) is 1. The summed E-state index contributed by atoms with van der Waals surface area (Å²) in [7, 11) is 0. The minimum absolute atomic E-state index is 0.0161. The molecule has 0 aliphatic carbocycles. The largest absolute Gasteiger partial charge is 0.318 e. The summed E-state index contributed by atoms with van der Waals surface area (Å²) in [6.07, 6.45) is 0. The molecule has 0 amide bonds. The lowest BCUT2D eigenvalue weighted by molar-refractivity contribution is -0.384. The number of halogens is 1. The van der Waals surface area contributed by atoms with Crippen molar-refractivity contribution < 1.29 is 4.92 Å². The Morgan fingerprint density at radius 1 is 1.13 bits per heavy atom. The van der Waals surface area contributed by atoms with Crippen LogP contribution in [0.4, 0.5) is 5.69 Å². The molecule has 3 N–H and O–H groups in total. The van der Waals surface area contributed by atoms with E-state index in [2.05, 4.69) is 15.2 Å². The zero-order valence-electron chi connectivity index (χ0n) is 11.8. The maximum absolute atomic E-state index is 10.7. The van der Waals surface area contributed by atoms with Crippen LogP contribution in [-0.4, -0.2) is 20.1 Å². The molecule has 0 aliphatic heterocycles. The number of nitrogens with zero attached hydrogens (tertiary/aromatic N) is 3. The maximum atomic E-state index is 10.7. The van der Waals surface area contributed by atoms with Gasteiger partial charge in [-0.05, 0) is 29.8 Å². The Bertz CT molecular complexity index is 830. The van der Waals surface area contributed by atoms with E-state index in [0.717, 1.165) is 5.56 Å². The second kappa shape index (κ2) is 6.15. The molecule has 0 aliphatic rings. The van der Waals surface area contributed by atoms with Gasteiger partial charge in [0, 0.05) is 22.7 Å². The number of benzene rings is 2. The van der Waals surface area contributed by atoms with Gasteiger partial charge < -0.3 is 5.73 Å². The lowest BCUT2D eigenvalue weighted by Gasteiger charge is -2.08. The van der Waals surface area contributed by atoms with Crippen LogP contribution in [0.2, 0.25) is 5.02 Å². The first-order valence-corrected chi connectivity index (χ1v) is 7.10. The topological polar surface area (TPSA) is 111 Å². The van der Waals surface area contributed by atoms with Crippen molar-refractivity contribution in [2.75, 3.05) is 0 Å². The average molecular weight is 330 g/mol. The summed E-state index contributed by atoms with van der Waals surface area (Å²) in [5.41, 5.74) is 7.69. The normalized spacial score (nSPS) is 12.1. The molecule has 0 saturated carbocycles. The molecule has 1 atom stereocenters. The molecule has 3 aromatic rings. The van der Waals surface area contributed by atoms with Gasteiger partial charge in [-0.2, -0.15) is 5.10 Å². The number of nitro benzene ring substituents is 1. The third-order valence-corrected chi connectivity index (χ3v) is 3.61. The molecule has 116 valence electrons. The quantitative estimate of drug-likeness (QED) is 0.564. The van der Waals surface area contributed by atoms with Crippen LogP contribution in [0.3, 0.4) is 0 Å². The molecule has 1 aromatic heterocycles. The van der Waals surface area contributed by atoms with E-state index in [9.17, 15) is 10.1 Å². The molecule has 1 unspecified atom stereocenters. The van der Waals surface area contributed by atoms with Crippen molar-refractivity contribution in [2.24, 2.45) is 5.73 Å². The molecule has 2 aromatic carbocycles. The summed E-state index contributed by atoms with van der Waals surface area (Å²) in [6.45, 7) is 0. The van der Waals surface area contributed by atoms with Crippen LogP contribution in [0.1, 0.15) is 17.4 Å². The van der Waals surface area contributed by atoms with Crippen molar-refractivity contribution in [3.8, 4) is 11.4 Å². The van der Waals surface area contributed by atoms with Gasteiger partial charge in [0.25, 0.3) is 5.69 Å². The van der Waals surface area contributed by atoms with Gasteiger partial charge >= 0.3 is 0 Å². The Balaban J connectivity index is 1.84. The maximum Gasteiger partial charge on any atom is 0.269 e. The van der Waals surface area contributed by atoms with Crippen LogP contribution in [-0.2, 0) is 0 Å². The Kier molecular flexibility index (Phi) is 4.05. The van der Waals surface area contributed by atoms with E-state index in [1.807, 2.05) is 12.1 Å². The van der Waals surface area contributed by atoms with Crippen LogP contribution in [0.5, 0.6) is 0 Å². The molecular formula is C15H12ClN5O2. The number of aromatic nitrogens is 3. The monoisotopic (exact) mass is 329 g/mol. The van der Waals surface area contributed by atoms with Gasteiger partial charge in [-0.25, -0.2) is 4.98 Å². The summed E-state index contributed by atoms with van der Waals surface area (Å²) < 4.78 is 0. The van der Waals surface area contributed by atoms with Gasteiger partial charge in [0.05, 0.1) is 11.0 Å². The minimum atomic E-state index is -0.466. The van der Waals surface area contributed by atoms with Gasteiger partial charge in [0.15, 0.2) is 5.82 Å². The number of H-pyrrole nitrogens is 1. The van der Waals surface area contributed by atoms with Crippen molar-refractivity contribution in [3.63, 3.8) is 0 Å². The molecule has 7 nitrogen and oxygen atoms in total. The number of non-ortho nitro benzene ring substituents is 1. The van der Waals surface area contributed by atoms with E-state index in [1.54, 1.807) is 24.3 Å². The van der Waals surface area contributed by atoms with Crippen LogP contribution < -0.4 is 5.73 Å². The lowest BCUT2D eigenvalue weighted by atomic mass is 10.1. The SMILES string of the molecule is NC(c1ccc(Cl)cc1)c1nc(-c2ccc([N+](=O)[O-])cc2)n[nH]1. The average Bonchev–Trinajstić information content (AvgIpc) is 3.05. The Morgan fingerprint density at radius 3 is 2.39 bits per heavy atom. The highest BCUT2D eigenvalue weighted by molar-refractivity contribution is 6.30. The van der Waals surface area contributed by atoms with E-state index in [-0.39, 0.29) is 5.69 Å². The number of nitrogens with one attached hydrogen (secondary N) is 1. The van der Waals surface area contributed by atoms with Gasteiger partial charge in [-0.15, -0.1) is 0 Å². The molecule has 0 saturated heterocycles. The number of nitro groups is 1. The number of hydrogen-bond acceptors (Lipinski definition) is 5. The summed E-state index contributed by atoms with van der Waals surface area (Å²) in [6, 6.07) is 12.7. The fourth-order valence-electron chi connectivity index (χ4n) is 2.10. The predicted molar refractivity (Wildman–Crippen MR) is 86.0 cm³/mol. The zero-order chi connectivity index (χ0) is 16.4. The highest BCUT2D eigenvalue weighted by atomic mass is 35.5. The molecule has 0 bridgehead atoms. The molecule has 3 rings (SSSR count). The van der Waals surface area contributed by atoms with Crippen LogP contribution in [0, 0.1) is 10.1 Å². The first-order valence-electron chi connectivity index (χ1n) is 6.73. The van der Waals surface area contributed by atoms with Crippen molar-refractivity contribution in [1.82, 2.24) is 15.2 Å². The zero-order valence-corrected chi connectivity index (χ0v) is 12.6. The van der Waals surface area contributed by atoms with Crippen LogP contribution >= 0.6 is 11.6 Å². The lowest BCUT2D eigenvalue weighted by Crippen LogP contribution is -2.13. The van der Waals surface area contributed by atoms with Crippen LogP contribution in [0.25, 0.3) is 11.4 Å². The molecule has 23 heavy (non-hydrogen) atoms. The molecule has 0 spiro atoms. The summed E-state index contributed by atoms with van der Waals surface area (Å²) in [5.74, 6) is 0.931. The molecular weight excluding hydrogens is 318 g/mol. The standard InChI is InChI=1S/C15H12ClN5O2/c16-11-5-1-9(2-6-11)13(17)15-18-14(19-20-15)10-3-7-12(8-4-10)21(22)23/h1-8,13H,17H2,(H,18,19,20). The third-order valence-electron chi connectivity index (χ3n) is 3.36. The second-order valence-electron chi connectivity index (χ2n) is 4.88. The molecule has 0 radical (unpaired) electrons. The highest BCUT2D eigenvalue weighted by Gasteiger charge is 2.15. The first-order chi connectivity index (χ1) is 11.0. The van der Waals surface area contributed by atoms with E-state index in [0.29, 0.717) is 22.2 Å². The fraction of sp³-hybridized carbons (Fsp3) is 0.0667. The van der Waals surface area contributed by atoms with E-state index < -0.39 is 11.0 Å². The van der Waals surface area contributed by atoms with Crippen LogP contribution in [0.15, 0.2) is 48.5 Å². The highest BCUT2D eigenvalue weighted by Crippen LogP contribution is 2.23. The Morgan fingerprint density at radius 2 is 1.78 bits per heavy atom. The minimum Gasteiger partial charge on any atom is -0.318 e. The number of hydrogen-bond donors (Lipinski definition) is 2. The number of rotatable bonds is 4. The number of aromatic amines is 1. The fourth-order valence-corrected chi connectivity index (χ4v) is 2.23. The van der Waals surface area contributed by atoms with E-state index in [1.165, 1.54) is 12.1 Å². The summed E-state index contributed by atoms with van der Waals surface area (Å²) in [5, 5.41) is 18.2.